The van der Waals surface area contributed by atoms with Crippen LogP contribution >= 0.6 is 0 Å². The second kappa shape index (κ2) is 8.22. The van der Waals surface area contributed by atoms with Crippen molar-refractivity contribution in [1.82, 2.24) is 5.32 Å². The molecule has 0 atom stereocenters. The lowest BCUT2D eigenvalue weighted by atomic mass is 10.2. The first-order chi connectivity index (χ1) is 10.1. The molecule has 0 aliphatic carbocycles. The van der Waals surface area contributed by atoms with E-state index in [-0.39, 0.29) is 24.3 Å². The quantitative estimate of drug-likeness (QED) is 0.310. The Hall–Kier alpha value is -3.01. The molecule has 7 heteroatoms. The van der Waals surface area contributed by atoms with Crippen LogP contribution in [0, 0.1) is 11.3 Å². The minimum absolute atomic E-state index is 0.00601. The van der Waals surface area contributed by atoms with Crippen LogP contribution in [0.4, 0.5) is 5.69 Å². The Kier molecular flexibility index (Phi) is 6.28. The van der Waals surface area contributed by atoms with Crippen LogP contribution in [0.3, 0.4) is 0 Å². The molecule has 1 amide bonds. The summed E-state index contributed by atoms with van der Waals surface area (Å²) in [5.41, 5.74) is 0.221. The van der Waals surface area contributed by atoms with Crippen LogP contribution in [0.25, 0.3) is 0 Å². The number of nitrogens with one attached hydrogen (secondary N) is 2. The lowest BCUT2D eigenvalue weighted by Gasteiger charge is -2.05. The van der Waals surface area contributed by atoms with Gasteiger partial charge in [0.15, 0.2) is 0 Å². The molecule has 0 unspecified atom stereocenters. The lowest BCUT2D eigenvalue weighted by molar-refractivity contribution is -0.140. The monoisotopic (exact) mass is 289 g/mol. The van der Waals surface area contributed by atoms with Crippen LogP contribution in [-0.2, 0) is 14.3 Å². The number of nitrogens with zero attached hydrogens (tertiary/aromatic N) is 1. The smallest absolute Gasteiger partial charge is 0.307 e. The lowest BCUT2D eigenvalue weighted by Crippen LogP contribution is -2.18. The number of hydrogen-bond acceptors (Lipinski definition) is 6. The number of methoxy groups -OCH3 is 1. The average molecular weight is 289 g/mol. The third-order valence-electron chi connectivity index (χ3n) is 2.42. The number of carbonyl (C=O) groups excluding carboxylic acids is 2. The van der Waals surface area contributed by atoms with Crippen molar-refractivity contribution in [3.8, 4) is 11.8 Å². The number of carbonyl (C=O) groups is 2. The summed E-state index contributed by atoms with van der Waals surface area (Å²) >= 11 is 0. The van der Waals surface area contributed by atoms with Gasteiger partial charge in [-0.05, 0) is 12.1 Å². The normalized spacial score (nSPS) is 10.4. The van der Waals surface area contributed by atoms with Gasteiger partial charge in [0.25, 0.3) is 5.91 Å². The minimum Gasteiger partial charge on any atom is -0.508 e. The molecule has 1 aromatic carbocycles. The molecule has 0 fully saturated rings. The Morgan fingerprint density at radius 2 is 2.24 bits per heavy atom. The highest BCUT2D eigenvalue weighted by Crippen LogP contribution is 2.15. The van der Waals surface area contributed by atoms with Crippen LogP contribution in [0.2, 0.25) is 0 Å². The Bertz CT molecular complexity index is 590. The fourth-order valence-corrected chi connectivity index (χ4v) is 1.38. The summed E-state index contributed by atoms with van der Waals surface area (Å²) in [5.74, 6) is -1.00. The molecule has 0 bridgehead atoms. The highest BCUT2D eigenvalue weighted by atomic mass is 16.5. The highest BCUT2D eigenvalue weighted by molar-refractivity contribution is 6.06. The number of phenolic OH excluding ortho intramolecular Hbond substituents is 1. The molecule has 0 aliphatic rings. The summed E-state index contributed by atoms with van der Waals surface area (Å²) in [5, 5.41) is 23.4. The van der Waals surface area contributed by atoms with Crippen LogP contribution in [0.5, 0.6) is 5.75 Å². The molecule has 1 aromatic rings. The number of hydrogen-bond donors (Lipinski definition) is 3. The van der Waals surface area contributed by atoms with Gasteiger partial charge in [-0.1, -0.05) is 6.07 Å². The Morgan fingerprint density at radius 3 is 2.86 bits per heavy atom. The van der Waals surface area contributed by atoms with Gasteiger partial charge < -0.3 is 20.5 Å². The number of aromatic hydroxyl groups is 1. The first-order valence-electron chi connectivity index (χ1n) is 6.07. The van der Waals surface area contributed by atoms with Gasteiger partial charge in [-0.15, -0.1) is 0 Å². The van der Waals surface area contributed by atoms with E-state index in [0.29, 0.717) is 5.69 Å². The Balaban J connectivity index is 2.57. The maximum atomic E-state index is 11.8. The summed E-state index contributed by atoms with van der Waals surface area (Å²) in [6.45, 7) is 0.247. The first kappa shape index (κ1) is 16.0. The van der Waals surface area contributed by atoms with Gasteiger partial charge in [0, 0.05) is 24.5 Å². The number of esters is 1. The molecule has 21 heavy (non-hydrogen) atoms. The van der Waals surface area contributed by atoms with E-state index in [1.807, 2.05) is 0 Å². The van der Waals surface area contributed by atoms with E-state index in [4.69, 9.17) is 5.26 Å². The van der Waals surface area contributed by atoms with E-state index in [1.165, 1.54) is 25.4 Å². The molecule has 0 saturated carbocycles. The van der Waals surface area contributed by atoms with Gasteiger partial charge in [-0.3, -0.25) is 9.59 Å². The van der Waals surface area contributed by atoms with Crippen molar-refractivity contribution >= 4 is 17.6 Å². The first-order valence-corrected chi connectivity index (χ1v) is 6.07. The van der Waals surface area contributed by atoms with Gasteiger partial charge in [-0.25, -0.2) is 0 Å². The van der Waals surface area contributed by atoms with E-state index in [9.17, 15) is 14.7 Å². The standard InChI is InChI=1S/C14H15N3O4/c1-21-13(19)5-6-16-9-10(8-15)14(20)17-11-3-2-4-12(18)7-11/h2-4,7,9,16,18H,5-6H2,1H3,(H,17,20)/b10-9-. The summed E-state index contributed by atoms with van der Waals surface area (Å²) in [4.78, 5) is 22.7. The number of benzene rings is 1. The van der Waals surface area contributed by atoms with Gasteiger partial charge >= 0.3 is 5.97 Å². The minimum atomic E-state index is -0.617. The number of amides is 1. The zero-order valence-corrected chi connectivity index (χ0v) is 11.4. The van der Waals surface area contributed by atoms with Gasteiger partial charge in [0.05, 0.1) is 13.5 Å². The SMILES string of the molecule is COC(=O)CCN/C=C(/C#N)C(=O)Nc1cccc(O)c1. The molecule has 0 aliphatic heterocycles. The molecule has 0 heterocycles. The average Bonchev–Trinajstić information content (AvgIpc) is 2.46. The van der Waals surface area contributed by atoms with Crippen molar-refractivity contribution in [3.05, 3.63) is 36.0 Å². The number of ether oxygens (including phenoxy) is 1. The van der Waals surface area contributed by atoms with Gasteiger partial charge in [-0.2, -0.15) is 5.26 Å². The molecule has 0 spiro atoms. The topological polar surface area (TPSA) is 111 Å². The summed E-state index contributed by atoms with van der Waals surface area (Å²) < 4.78 is 4.45. The highest BCUT2D eigenvalue weighted by Gasteiger charge is 2.09. The molecule has 1 rings (SSSR count). The van der Waals surface area contributed by atoms with E-state index in [1.54, 1.807) is 18.2 Å². The molecule has 3 N–H and O–H groups in total. The molecule has 0 aromatic heterocycles. The van der Waals surface area contributed by atoms with Crippen LogP contribution < -0.4 is 10.6 Å². The summed E-state index contributed by atoms with van der Waals surface area (Å²) in [6, 6.07) is 7.71. The molecule has 7 nitrogen and oxygen atoms in total. The molecule has 0 radical (unpaired) electrons. The summed E-state index contributed by atoms with van der Waals surface area (Å²) in [6.07, 6.45) is 1.35. The number of nitriles is 1. The zero-order valence-electron chi connectivity index (χ0n) is 11.4. The zero-order chi connectivity index (χ0) is 15.7. The second-order valence-electron chi connectivity index (χ2n) is 3.95. The van der Waals surface area contributed by atoms with Gasteiger partial charge in [0.2, 0.25) is 0 Å². The van der Waals surface area contributed by atoms with Gasteiger partial charge in [0.1, 0.15) is 17.4 Å². The van der Waals surface area contributed by atoms with Crippen molar-refractivity contribution in [1.29, 1.82) is 5.26 Å². The van der Waals surface area contributed by atoms with Crippen molar-refractivity contribution in [3.63, 3.8) is 0 Å². The second-order valence-corrected chi connectivity index (χ2v) is 3.95. The van der Waals surface area contributed by atoms with Crippen molar-refractivity contribution < 1.29 is 19.4 Å². The Labute approximate surface area is 121 Å². The number of rotatable bonds is 6. The van der Waals surface area contributed by atoms with Crippen LogP contribution in [0.1, 0.15) is 6.42 Å². The van der Waals surface area contributed by atoms with E-state index in [0.717, 1.165) is 0 Å². The number of anilines is 1. The number of phenols is 1. The van der Waals surface area contributed by atoms with Crippen LogP contribution in [-0.4, -0.2) is 30.6 Å². The third-order valence-corrected chi connectivity index (χ3v) is 2.42. The molecule has 0 saturated heterocycles. The Morgan fingerprint density at radius 1 is 1.48 bits per heavy atom. The van der Waals surface area contributed by atoms with Crippen molar-refractivity contribution in [2.24, 2.45) is 0 Å². The van der Waals surface area contributed by atoms with E-state index >= 15 is 0 Å². The third kappa shape index (κ3) is 5.65. The predicted octanol–water partition coefficient (Wildman–Crippen LogP) is 0.891. The fourth-order valence-electron chi connectivity index (χ4n) is 1.38. The van der Waals surface area contributed by atoms with Crippen molar-refractivity contribution in [2.45, 2.75) is 6.42 Å². The predicted molar refractivity (Wildman–Crippen MR) is 75.1 cm³/mol. The van der Waals surface area contributed by atoms with Crippen LogP contribution in [0.15, 0.2) is 36.0 Å². The maximum absolute atomic E-state index is 11.8. The fraction of sp³-hybridized carbons (Fsp3) is 0.214. The van der Waals surface area contributed by atoms with Crippen molar-refractivity contribution in [2.75, 3.05) is 19.0 Å². The summed E-state index contributed by atoms with van der Waals surface area (Å²) in [7, 11) is 1.28. The van der Waals surface area contributed by atoms with E-state index < -0.39 is 11.9 Å². The molecular weight excluding hydrogens is 274 g/mol. The van der Waals surface area contributed by atoms with E-state index in [2.05, 4.69) is 15.4 Å². The molecular formula is C14H15N3O4. The molecule has 110 valence electrons. The maximum Gasteiger partial charge on any atom is 0.307 e. The largest absolute Gasteiger partial charge is 0.508 e.